The molecule has 0 aromatic heterocycles. The molecule has 1 fully saturated rings. The van der Waals surface area contributed by atoms with Crippen molar-refractivity contribution in [2.75, 3.05) is 13.1 Å². The highest BCUT2D eigenvalue weighted by Crippen LogP contribution is 2.32. The average molecular weight is 283 g/mol. The number of rotatable bonds is 3. The standard InChI is InChI=1S/C13H19BrN2/c1-10(12-6-2-3-7-13(12)14)16-8-4-5-11(16)9-15/h2-3,6-7,10-11H,4-5,8-9,15H2,1H3. The van der Waals surface area contributed by atoms with E-state index < -0.39 is 0 Å². The van der Waals surface area contributed by atoms with Crippen LogP contribution < -0.4 is 5.73 Å². The Labute approximate surface area is 106 Å². The second-order valence-electron chi connectivity index (χ2n) is 4.47. The van der Waals surface area contributed by atoms with E-state index in [1.807, 2.05) is 0 Å². The molecule has 3 heteroatoms. The Bertz CT molecular complexity index is 354. The zero-order valence-corrected chi connectivity index (χ0v) is 11.3. The van der Waals surface area contributed by atoms with Crippen LogP contribution in [-0.4, -0.2) is 24.0 Å². The Morgan fingerprint density at radius 3 is 2.94 bits per heavy atom. The van der Waals surface area contributed by atoms with Gasteiger partial charge in [0.2, 0.25) is 0 Å². The van der Waals surface area contributed by atoms with Gasteiger partial charge in [-0.1, -0.05) is 34.1 Å². The van der Waals surface area contributed by atoms with Crippen LogP contribution in [0.5, 0.6) is 0 Å². The van der Waals surface area contributed by atoms with Crippen LogP contribution in [0.4, 0.5) is 0 Å². The summed E-state index contributed by atoms with van der Waals surface area (Å²) in [6, 6.07) is 9.48. The first kappa shape index (κ1) is 12.1. The van der Waals surface area contributed by atoms with Gasteiger partial charge < -0.3 is 5.73 Å². The van der Waals surface area contributed by atoms with Gasteiger partial charge >= 0.3 is 0 Å². The van der Waals surface area contributed by atoms with Crippen molar-refractivity contribution in [1.82, 2.24) is 4.90 Å². The molecule has 2 N–H and O–H groups in total. The van der Waals surface area contributed by atoms with E-state index in [2.05, 4.69) is 52.0 Å². The minimum absolute atomic E-state index is 0.451. The number of nitrogens with zero attached hydrogens (tertiary/aromatic N) is 1. The molecule has 1 saturated heterocycles. The van der Waals surface area contributed by atoms with E-state index in [1.165, 1.54) is 29.4 Å². The van der Waals surface area contributed by atoms with Crippen LogP contribution in [0.15, 0.2) is 28.7 Å². The molecule has 16 heavy (non-hydrogen) atoms. The quantitative estimate of drug-likeness (QED) is 0.924. The van der Waals surface area contributed by atoms with Crippen molar-refractivity contribution >= 4 is 15.9 Å². The fraction of sp³-hybridized carbons (Fsp3) is 0.538. The van der Waals surface area contributed by atoms with E-state index in [9.17, 15) is 0 Å². The van der Waals surface area contributed by atoms with Gasteiger partial charge in [0.1, 0.15) is 0 Å². The molecular weight excluding hydrogens is 264 g/mol. The highest BCUT2D eigenvalue weighted by molar-refractivity contribution is 9.10. The Balaban J connectivity index is 2.18. The Kier molecular flexibility index (Phi) is 4.00. The predicted octanol–water partition coefficient (Wildman–Crippen LogP) is 2.93. The number of hydrogen-bond donors (Lipinski definition) is 1. The molecular formula is C13H19BrN2. The van der Waals surface area contributed by atoms with Crippen molar-refractivity contribution in [2.45, 2.75) is 31.8 Å². The summed E-state index contributed by atoms with van der Waals surface area (Å²) in [5, 5.41) is 0. The second kappa shape index (κ2) is 5.30. The molecule has 0 aliphatic carbocycles. The number of nitrogens with two attached hydrogens (primary N) is 1. The molecule has 0 bridgehead atoms. The molecule has 1 aromatic rings. The first-order chi connectivity index (χ1) is 7.74. The lowest BCUT2D eigenvalue weighted by molar-refractivity contribution is 0.196. The zero-order valence-electron chi connectivity index (χ0n) is 9.70. The largest absolute Gasteiger partial charge is 0.329 e. The van der Waals surface area contributed by atoms with E-state index in [4.69, 9.17) is 5.73 Å². The molecule has 0 radical (unpaired) electrons. The van der Waals surface area contributed by atoms with Gasteiger partial charge in [-0.05, 0) is 37.9 Å². The van der Waals surface area contributed by atoms with Crippen molar-refractivity contribution in [1.29, 1.82) is 0 Å². The van der Waals surface area contributed by atoms with Gasteiger partial charge in [-0.15, -0.1) is 0 Å². The maximum Gasteiger partial charge on any atom is 0.0334 e. The van der Waals surface area contributed by atoms with Crippen molar-refractivity contribution in [2.24, 2.45) is 5.73 Å². The molecule has 0 amide bonds. The third-order valence-corrected chi connectivity index (χ3v) is 4.27. The van der Waals surface area contributed by atoms with E-state index in [0.717, 1.165) is 6.54 Å². The third-order valence-electron chi connectivity index (χ3n) is 3.55. The van der Waals surface area contributed by atoms with Gasteiger partial charge in [0, 0.05) is 23.1 Å². The SMILES string of the molecule is CC(c1ccccc1Br)N1CCCC1CN. The van der Waals surface area contributed by atoms with Crippen molar-refractivity contribution in [3.8, 4) is 0 Å². The fourth-order valence-corrected chi connectivity index (χ4v) is 3.23. The molecule has 88 valence electrons. The van der Waals surface area contributed by atoms with Gasteiger partial charge in [-0.2, -0.15) is 0 Å². The predicted molar refractivity (Wildman–Crippen MR) is 71.3 cm³/mol. The van der Waals surface area contributed by atoms with Gasteiger partial charge in [0.05, 0.1) is 0 Å². The number of benzene rings is 1. The van der Waals surface area contributed by atoms with Gasteiger partial charge in [-0.3, -0.25) is 4.90 Å². The summed E-state index contributed by atoms with van der Waals surface area (Å²) in [7, 11) is 0. The lowest BCUT2D eigenvalue weighted by Gasteiger charge is -2.30. The average Bonchev–Trinajstić information content (AvgIpc) is 2.77. The molecule has 1 heterocycles. The van der Waals surface area contributed by atoms with Crippen LogP contribution in [0.3, 0.4) is 0 Å². The summed E-state index contributed by atoms with van der Waals surface area (Å²) in [6.45, 7) is 4.22. The molecule has 2 atom stereocenters. The van der Waals surface area contributed by atoms with Gasteiger partial charge in [0.15, 0.2) is 0 Å². The maximum absolute atomic E-state index is 5.82. The first-order valence-corrected chi connectivity index (χ1v) is 6.73. The molecule has 2 rings (SSSR count). The van der Waals surface area contributed by atoms with Gasteiger partial charge in [-0.25, -0.2) is 0 Å². The molecule has 1 aliphatic heterocycles. The van der Waals surface area contributed by atoms with Crippen LogP contribution in [0.1, 0.15) is 31.4 Å². The molecule has 1 aromatic carbocycles. The molecule has 2 nitrogen and oxygen atoms in total. The molecule has 1 aliphatic rings. The monoisotopic (exact) mass is 282 g/mol. The number of halogens is 1. The lowest BCUT2D eigenvalue weighted by Crippen LogP contribution is -2.37. The minimum atomic E-state index is 0.451. The van der Waals surface area contributed by atoms with Crippen LogP contribution in [0.25, 0.3) is 0 Å². The number of likely N-dealkylation sites (tertiary alicyclic amines) is 1. The normalized spacial score (nSPS) is 23.6. The summed E-state index contributed by atoms with van der Waals surface area (Å²) < 4.78 is 1.20. The first-order valence-electron chi connectivity index (χ1n) is 5.94. The van der Waals surface area contributed by atoms with Gasteiger partial charge in [0.25, 0.3) is 0 Å². The van der Waals surface area contributed by atoms with Crippen molar-refractivity contribution in [3.63, 3.8) is 0 Å². The summed E-state index contributed by atoms with van der Waals surface area (Å²) in [6.07, 6.45) is 2.52. The van der Waals surface area contributed by atoms with Crippen LogP contribution >= 0.6 is 15.9 Å². The summed E-state index contributed by atoms with van der Waals surface area (Å²) in [5.41, 5.74) is 7.19. The van der Waals surface area contributed by atoms with Crippen LogP contribution in [-0.2, 0) is 0 Å². The third kappa shape index (κ3) is 2.31. The van der Waals surface area contributed by atoms with Crippen LogP contribution in [0.2, 0.25) is 0 Å². The highest BCUT2D eigenvalue weighted by Gasteiger charge is 2.28. The highest BCUT2D eigenvalue weighted by atomic mass is 79.9. The Morgan fingerprint density at radius 2 is 2.25 bits per heavy atom. The summed E-state index contributed by atoms with van der Waals surface area (Å²) in [5.74, 6) is 0. The molecule has 2 unspecified atom stereocenters. The fourth-order valence-electron chi connectivity index (χ4n) is 2.61. The summed E-state index contributed by atoms with van der Waals surface area (Å²) in [4.78, 5) is 2.53. The maximum atomic E-state index is 5.82. The molecule has 0 saturated carbocycles. The van der Waals surface area contributed by atoms with E-state index >= 15 is 0 Å². The van der Waals surface area contributed by atoms with Crippen molar-refractivity contribution in [3.05, 3.63) is 34.3 Å². The zero-order chi connectivity index (χ0) is 11.5. The van der Waals surface area contributed by atoms with E-state index in [0.29, 0.717) is 12.1 Å². The number of hydrogen-bond acceptors (Lipinski definition) is 2. The van der Waals surface area contributed by atoms with Crippen LogP contribution in [0, 0.1) is 0 Å². The van der Waals surface area contributed by atoms with E-state index in [1.54, 1.807) is 0 Å². The lowest BCUT2D eigenvalue weighted by atomic mass is 10.1. The van der Waals surface area contributed by atoms with E-state index in [-0.39, 0.29) is 0 Å². The smallest absolute Gasteiger partial charge is 0.0334 e. The van der Waals surface area contributed by atoms with Crippen molar-refractivity contribution < 1.29 is 0 Å². The summed E-state index contributed by atoms with van der Waals surface area (Å²) >= 11 is 3.63. The Morgan fingerprint density at radius 1 is 1.50 bits per heavy atom. The second-order valence-corrected chi connectivity index (χ2v) is 5.32. The Hall–Kier alpha value is -0.380. The minimum Gasteiger partial charge on any atom is -0.329 e. The topological polar surface area (TPSA) is 29.3 Å². The molecule has 0 spiro atoms.